The first-order chi connectivity index (χ1) is 13.1. The van der Waals surface area contributed by atoms with Crippen LogP contribution in [0.4, 0.5) is 17.2 Å². The Morgan fingerprint density at radius 3 is 2.96 bits per heavy atom. The van der Waals surface area contributed by atoms with E-state index in [9.17, 15) is 0 Å². The zero-order valence-corrected chi connectivity index (χ0v) is 15.8. The van der Waals surface area contributed by atoms with Gasteiger partial charge in [0.1, 0.15) is 11.9 Å². The molecule has 27 heavy (non-hydrogen) atoms. The lowest BCUT2D eigenvalue weighted by Crippen LogP contribution is -2.37. The average Bonchev–Trinajstić information content (AvgIpc) is 3.07. The Morgan fingerprint density at radius 1 is 1.33 bits per heavy atom. The SMILES string of the molecule is CC(C)c1cnn2c(Nc3cccc(N)c3)cc(OC3CCCNC3)nc12. The quantitative estimate of drug-likeness (QED) is 0.600. The number of ether oxygens (including phenoxy) is 1. The summed E-state index contributed by atoms with van der Waals surface area (Å²) >= 11 is 0. The summed E-state index contributed by atoms with van der Waals surface area (Å²) < 4.78 is 8.01. The highest BCUT2D eigenvalue weighted by atomic mass is 16.5. The summed E-state index contributed by atoms with van der Waals surface area (Å²) in [6, 6.07) is 9.56. The third-order valence-corrected chi connectivity index (χ3v) is 4.80. The van der Waals surface area contributed by atoms with E-state index in [0.717, 1.165) is 48.6 Å². The molecule has 142 valence electrons. The molecule has 0 spiro atoms. The maximum absolute atomic E-state index is 6.19. The number of aromatic nitrogens is 3. The van der Waals surface area contributed by atoms with Crippen LogP contribution < -0.4 is 21.1 Å². The van der Waals surface area contributed by atoms with Crippen molar-refractivity contribution in [1.82, 2.24) is 19.9 Å². The second-order valence-electron chi connectivity index (χ2n) is 7.31. The van der Waals surface area contributed by atoms with Gasteiger partial charge in [0, 0.05) is 29.5 Å². The summed E-state index contributed by atoms with van der Waals surface area (Å²) in [7, 11) is 0. The Labute approximate surface area is 158 Å². The average molecular weight is 366 g/mol. The highest BCUT2D eigenvalue weighted by Crippen LogP contribution is 2.28. The summed E-state index contributed by atoms with van der Waals surface area (Å²) in [5.74, 6) is 1.74. The van der Waals surface area contributed by atoms with E-state index in [1.165, 1.54) is 0 Å². The van der Waals surface area contributed by atoms with Crippen LogP contribution in [0.15, 0.2) is 36.5 Å². The number of benzene rings is 1. The van der Waals surface area contributed by atoms with Crippen LogP contribution >= 0.6 is 0 Å². The standard InChI is InChI=1S/C20H26N6O/c1-13(2)17-12-23-26-18(24-15-6-3-5-14(21)9-15)10-19(25-20(17)26)27-16-7-4-8-22-11-16/h3,5-6,9-10,12-13,16,22,24H,4,7-8,11,21H2,1-2H3. The number of piperidine rings is 1. The second-order valence-corrected chi connectivity index (χ2v) is 7.31. The summed E-state index contributed by atoms with van der Waals surface area (Å²) in [6.07, 6.45) is 4.17. The van der Waals surface area contributed by atoms with Crippen molar-refractivity contribution >= 4 is 22.8 Å². The Hall–Kier alpha value is -2.80. The fourth-order valence-electron chi connectivity index (χ4n) is 3.37. The molecule has 1 atom stereocenters. The van der Waals surface area contributed by atoms with Crippen molar-refractivity contribution in [3.63, 3.8) is 0 Å². The molecule has 0 bridgehead atoms. The molecule has 0 saturated carbocycles. The third kappa shape index (κ3) is 3.83. The number of nitrogen functional groups attached to an aromatic ring is 1. The van der Waals surface area contributed by atoms with Gasteiger partial charge >= 0.3 is 0 Å². The van der Waals surface area contributed by atoms with Crippen molar-refractivity contribution in [3.8, 4) is 5.88 Å². The molecule has 1 unspecified atom stereocenters. The molecule has 1 aliphatic heterocycles. The van der Waals surface area contributed by atoms with Crippen LogP contribution in [0.1, 0.15) is 38.2 Å². The van der Waals surface area contributed by atoms with E-state index in [2.05, 4.69) is 29.6 Å². The van der Waals surface area contributed by atoms with Crippen LogP contribution in [-0.4, -0.2) is 33.8 Å². The van der Waals surface area contributed by atoms with Gasteiger partial charge in [0.2, 0.25) is 5.88 Å². The number of nitrogens with two attached hydrogens (primary N) is 1. The van der Waals surface area contributed by atoms with Gasteiger partial charge in [0.05, 0.1) is 6.20 Å². The van der Waals surface area contributed by atoms with E-state index in [0.29, 0.717) is 17.5 Å². The van der Waals surface area contributed by atoms with Gasteiger partial charge in [0.15, 0.2) is 5.65 Å². The van der Waals surface area contributed by atoms with Crippen LogP contribution in [0.25, 0.3) is 5.65 Å². The van der Waals surface area contributed by atoms with E-state index >= 15 is 0 Å². The normalized spacial score (nSPS) is 17.4. The Morgan fingerprint density at radius 2 is 2.22 bits per heavy atom. The lowest BCUT2D eigenvalue weighted by Gasteiger charge is -2.23. The van der Waals surface area contributed by atoms with E-state index in [-0.39, 0.29) is 6.10 Å². The minimum Gasteiger partial charge on any atom is -0.473 e. The fraction of sp³-hybridized carbons (Fsp3) is 0.400. The molecule has 1 aliphatic rings. The number of anilines is 3. The summed E-state index contributed by atoms with van der Waals surface area (Å²) in [4.78, 5) is 4.76. The minimum absolute atomic E-state index is 0.138. The molecule has 3 aromatic rings. The first-order valence-electron chi connectivity index (χ1n) is 9.49. The van der Waals surface area contributed by atoms with Gasteiger partial charge in [-0.2, -0.15) is 14.6 Å². The third-order valence-electron chi connectivity index (χ3n) is 4.80. The molecule has 2 aromatic heterocycles. The van der Waals surface area contributed by atoms with Gasteiger partial charge in [0.25, 0.3) is 0 Å². The van der Waals surface area contributed by atoms with Gasteiger partial charge in [-0.1, -0.05) is 19.9 Å². The molecular formula is C20H26N6O. The molecule has 7 nitrogen and oxygen atoms in total. The van der Waals surface area contributed by atoms with Crippen molar-refractivity contribution < 1.29 is 4.74 Å². The van der Waals surface area contributed by atoms with Crippen LogP contribution in [0.2, 0.25) is 0 Å². The van der Waals surface area contributed by atoms with Crippen molar-refractivity contribution in [1.29, 1.82) is 0 Å². The van der Waals surface area contributed by atoms with Gasteiger partial charge in [-0.15, -0.1) is 0 Å². The van der Waals surface area contributed by atoms with Gasteiger partial charge in [-0.05, 0) is 43.5 Å². The van der Waals surface area contributed by atoms with Crippen molar-refractivity contribution in [3.05, 3.63) is 42.1 Å². The number of nitrogens with zero attached hydrogens (tertiary/aromatic N) is 3. The molecule has 0 radical (unpaired) electrons. The maximum Gasteiger partial charge on any atom is 0.219 e. The van der Waals surface area contributed by atoms with Crippen LogP contribution in [0, 0.1) is 0 Å². The molecule has 7 heteroatoms. The number of rotatable bonds is 5. The monoisotopic (exact) mass is 366 g/mol. The zero-order valence-electron chi connectivity index (χ0n) is 15.8. The van der Waals surface area contributed by atoms with E-state index in [1.54, 1.807) is 0 Å². The molecule has 3 heterocycles. The van der Waals surface area contributed by atoms with Crippen LogP contribution in [0.5, 0.6) is 5.88 Å². The molecule has 4 rings (SSSR count). The van der Waals surface area contributed by atoms with E-state index < -0.39 is 0 Å². The minimum atomic E-state index is 0.138. The molecule has 1 fully saturated rings. The summed E-state index contributed by atoms with van der Waals surface area (Å²) in [5, 5.41) is 11.3. The number of fused-ring (bicyclic) bond motifs is 1. The van der Waals surface area contributed by atoms with Crippen molar-refractivity contribution in [2.45, 2.75) is 38.7 Å². The Balaban J connectivity index is 1.73. The molecule has 1 aromatic carbocycles. The number of nitrogens with one attached hydrogen (secondary N) is 2. The lowest BCUT2D eigenvalue weighted by molar-refractivity contribution is 0.161. The largest absolute Gasteiger partial charge is 0.473 e. The molecule has 0 amide bonds. The zero-order chi connectivity index (χ0) is 18.8. The molecule has 4 N–H and O–H groups in total. The van der Waals surface area contributed by atoms with Crippen LogP contribution in [0.3, 0.4) is 0 Å². The second kappa shape index (κ2) is 7.44. The molecular weight excluding hydrogens is 340 g/mol. The van der Waals surface area contributed by atoms with E-state index in [4.69, 9.17) is 15.5 Å². The fourth-order valence-corrected chi connectivity index (χ4v) is 3.37. The van der Waals surface area contributed by atoms with E-state index in [1.807, 2.05) is 41.0 Å². The van der Waals surface area contributed by atoms with Gasteiger partial charge < -0.3 is 21.1 Å². The summed E-state index contributed by atoms with van der Waals surface area (Å²) in [6.45, 7) is 6.18. The van der Waals surface area contributed by atoms with Gasteiger partial charge in [-0.25, -0.2) is 0 Å². The first-order valence-corrected chi connectivity index (χ1v) is 9.49. The van der Waals surface area contributed by atoms with Crippen molar-refractivity contribution in [2.24, 2.45) is 0 Å². The first kappa shape index (κ1) is 17.6. The number of hydrogen-bond donors (Lipinski definition) is 3. The van der Waals surface area contributed by atoms with Crippen molar-refractivity contribution in [2.75, 3.05) is 24.1 Å². The molecule has 0 aliphatic carbocycles. The topological polar surface area (TPSA) is 89.5 Å². The summed E-state index contributed by atoms with van der Waals surface area (Å²) in [5.41, 5.74) is 9.43. The smallest absolute Gasteiger partial charge is 0.219 e. The molecule has 1 saturated heterocycles. The Bertz CT molecular complexity index is 929. The highest BCUT2D eigenvalue weighted by molar-refractivity contribution is 5.65. The van der Waals surface area contributed by atoms with Gasteiger partial charge in [-0.3, -0.25) is 0 Å². The Kier molecular flexibility index (Phi) is 4.85. The maximum atomic E-state index is 6.19. The number of hydrogen-bond acceptors (Lipinski definition) is 6. The van der Waals surface area contributed by atoms with Crippen LogP contribution in [-0.2, 0) is 0 Å². The lowest BCUT2D eigenvalue weighted by atomic mass is 10.1. The predicted octanol–water partition coefficient (Wildman–Crippen LogP) is 3.31. The predicted molar refractivity (Wildman–Crippen MR) is 108 cm³/mol. The highest BCUT2D eigenvalue weighted by Gasteiger charge is 2.19.